The summed E-state index contributed by atoms with van der Waals surface area (Å²) in [5, 5.41) is 2.90. The van der Waals surface area contributed by atoms with E-state index in [4.69, 9.17) is 10.5 Å². The minimum Gasteiger partial charge on any atom is -0.484 e. The fourth-order valence-corrected chi connectivity index (χ4v) is 1.84. The highest BCUT2D eigenvalue weighted by Gasteiger charge is 2.07. The Kier molecular flexibility index (Phi) is 6.36. The van der Waals surface area contributed by atoms with Crippen LogP contribution in [0.25, 0.3) is 0 Å². The Hall–Kier alpha value is -1.55. The minimum atomic E-state index is -0.0859. The molecule has 0 saturated heterocycles. The van der Waals surface area contributed by atoms with Crippen molar-refractivity contribution in [2.75, 3.05) is 6.61 Å². The number of hydrogen-bond donors (Lipinski definition) is 2. The van der Waals surface area contributed by atoms with Gasteiger partial charge < -0.3 is 15.8 Å². The van der Waals surface area contributed by atoms with Crippen LogP contribution in [-0.4, -0.2) is 18.6 Å². The molecule has 1 amide bonds. The Morgan fingerprint density at radius 3 is 2.47 bits per heavy atom. The molecule has 0 aliphatic rings. The predicted octanol–water partition coefficient (Wildman–Crippen LogP) is 2.39. The maximum absolute atomic E-state index is 11.6. The first-order chi connectivity index (χ1) is 9.02. The van der Waals surface area contributed by atoms with Gasteiger partial charge in [0.05, 0.1) is 0 Å². The second kappa shape index (κ2) is 7.79. The van der Waals surface area contributed by atoms with Crippen LogP contribution in [0, 0.1) is 0 Å². The number of benzene rings is 1. The maximum Gasteiger partial charge on any atom is 0.258 e. The van der Waals surface area contributed by atoms with Crippen LogP contribution < -0.4 is 15.8 Å². The monoisotopic (exact) mass is 264 g/mol. The summed E-state index contributed by atoms with van der Waals surface area (Å²) in [6.45, 7) is 6.07. The van der Waals surface area contributed by atoms with Crippen molar-refractivity contribution in [3.05, 3.63) is 29.8 Å². The molecule has 4 nitrogen and oxygen atoms in total. The lowest BCUT2D eigenvalue weighted by Crippen LogP contribution is -2.35. The van der Waals surface area contributed by atoms with Crippen LogP contribution in [0.3, 0.4) is 0 Å². The first kappa shape index (κ1) is 15.5. The summed E-state index contributed by atoms with van der Waals surface area (Å²) in [4.78, 5) is 11.6. The van der Waals surface area contributed by atoms with Crippen molar-refractivity contribution < 1.29 is 9.53 Å². The van der Waals surface area contributed by atoms with E-state index in [1.165, 1.54) is 0 Å². The Labute approximate surface area is 115 Å². The van der Waals surface area contributed by atoms with Gasteiger partial charge in [0.25, 0.3) is 5.91 Å². The van der Waals surface area contributed by atoms with Crippen molar-refractivity contribution in [2.45, 2.75) is 45.7 Å². The van der Waals surface area contributed by atoms with Crippen LogP contribution in [0.4, 0.5) is 0 Å². The number of carbonyl (C=O) groups excluding carboxylic acids is 1. The lowest BCUT2D eigenvalue weighted by molar-refractivity contribution is -0.123. The minimum absolute atomic E-state index is 0.00671. The summed E-state index contributed by atoms with van der Waals surface area (Å²) in [5.74, 6) is 0.597. The molecule has 0 aromatic heterocycles. The first-order valence-corrected chi connectivity index (χ1v) is 6.80. The molecule has 1 aromatic carbocycles. The van der Waals surface area contributed by atoms with Gasteiger partial charge in [0.1, 0.15) is 5.75 Å². The van der Waals surface area contributed by atoms with Crippen molar-refractivity contribution in [2.24, 2.45) is 5.73 Å². The zero-order chi connectivity index (χ0) is 14.3. The molecule has 2 atom stereocenters. The number of rotatable bonds is 7. The average Bonchev–Trinajstić information content (AvgIpc) is 2.37. The van der Waals surface area contributed by atoms with Gasteiger partial charge in [-0.2, -0.15) is 0 Å². The molecule has 4 heteroatoms. The van der Waals surface area contributed by atoms with E-state index < -0.39 is 0 Å². The number of amides is 1. The van der Waals surface area contributed by atoms with Crippen molar-refractivity contribution in [3.63, 3.8) is 0 Å². The highest BCUT2D eigenvalue weighted by molar-refractivity contribution is 5.77. The van der Waals surface area contributed by atoms with Crippen molar-refractivity contribution in [3.8, 4) is 5.75 Å². The van der Waals surface area contributed by atoms with Gasteiger partial charge in [-0.15, -0.1) is 0 Å². The first-order valence-electron chi connectivity index (χ1n) is 6.80. The zero-order valence-corrected chi connectivity index (χ0v) is 12.0. The number of nitrogens with one attached hydrogen (secondary N) is 1. The van der Waals surface area contributed by atoms with E-state index in [1.807, 2.05) is 38.1 Å². The topological polar surface area (TPSA) is 64.3 Å². The second-order valence-electron chi connectivity index (χ2n) is 4.90. The lowest BCUT2D eigenvalue weighted by atomic mass is 10.1. The zero-order valence-electron chi connectivity index (χ0n) is 12.0. The summed E-state index contributed by atoms with van der Waals surface area (Å²) >= 11 is 0. The highest BCUT2D eigenvalue weighted by atomic mass is 16.5. The molecule has 0 radical (unpaired) electrons. The predicted molar refractivity (Wildman–Crippen MR) is 77.1 cm³/mol. The molecule has 0 bridgehead atoms. The van der Waals surface area contributed by atoms with Gasteiger partial charge in [-0.1, -0.05) is 25.5 Å². The third kappa shape index (κ3) is 5.75. The normalized spacial score (nSPS) is 13.7. The average molecular weight is 264 g/mol. The van der Waals surface area contributed by atoms with Gasteiger partial charge >= 0.3 is 0 Å². The molecule has 3 N–H and O–H groups in total. The Bertz CT molecular complexity index is 388. The van der Waals surface area contributed by atoms with Gasteiger partial charge in [-0.25, -0.2) is 0 Å². The summed E-state index contributed by atoms with van der Waals surface area (Å²) < 4.78 is 5.43. The van der Waals surface area contributed by atoms with Crippen LogP contribution in [0.1, 0.15) is 45.2 Å². The number of hydrogen-bond acceptors (Lipinski definition) is 3. The smallest absolute Gasteiger partial charge is 0.258 e. The van der Waals surface area contributed by atoms with E-state index in [0.29, 0.717) is 5.75 Å². The Morgan fingerprint density at radius 2 is 1.95 bits per heavy atom. The van der Waals surface area contributed by atoms with Gasteiger partial charge in [0.2, 0.25) is 0 Å². The third-order valence-electron chi connectivity index (χ3n) is 2.90. The molecule has 0 fully saturated rings. The molecule has 2 unspecified atom stereocenters. The molecule has 106 valence electrons. The van der Waals surface area contributed by atoms with Gasteiger partial charge in [-0.3, -0.25) is 4.79 Å². The highest BCUT2D eigenvalue weighted by Crippen LogP contribution is 2.15. The molecule has 0 saturated carbocycles. The van der Waals surface area contributed by atoms with Gasteiger partial charge in [-0.05, 0) is 38.0 Å². The molecule has 0 aliphatic heterocycles. The van der Waals surface area contributed by atoms with E-state index in [9.17, 15) is 4.79 Å². The number of ether oxygens (including phenoxy) is 1. The summed E-state index contributed by atoms with van der Waals surface area (Å²) in [6.07, 6.45) is 2.04. The standard InChI is InChI=1S/C15H24N2O2/c1-4-5-11(2)17-15(18)10-19-14-8-6-13(7-9-14)12(3)16/h6-9,11-12H,4-5,10,16H2,1-3H3,(H,17,18). The number of carbonyl (C=O) groups is 1. The fraction of sp³-hybridized carbons (Fsp3) is 0.533. The van der Waals surface area contributed by atoms with Crippen LogP contribution in [0.2, 0.25) is 0 Å². The molecule has 0 aliphatic carbocycles. The van der Waals surface area contributed by atoms with E-state index in [-0.39, 0.29) is 24.6 Å². The van der Waals surface area contributed by atoms with Crippen LogP contribution in [-0.2, 0) is 4.79 Å². The van der Waals surface area contributed by atoms with Crippen molar-refractivity contribution in [1.29, 1.82) is 0 Å². The number of nitrogens with two attached hydrogens (primary N) is 1. The van der Waals surface area contributed by atoms with E-state index >= 15 is 0 Å². The third-order valence-corrected chi connectivity index (χ3v) is 2.90. The Balaban J connectivity index is 2.37. The molecule has 1 aromatic rings. The molecule has 0 heterocycles. The van der Waals surface area contributed by atoms with Gasteiger partial charge in [0, 0.05) is 12.1 Å². The van der Waals surface area contributed by atoms with E-state index in [1.54, 1.807) is 0 Å². The molecular weight excluding hydrogens is 240 g/mol. The van der Waals surface area contributed by atoms with Crippen molar-refractivity contribution in [1.82, 2.24) is 5.32 Å². The summed E-state index contributed by atoms with van der Waals surface area (Å²) in [7, 11) is 0. The largest absolute Gasteiger partial charge is 0.484 e. The van der Waals surface area contributed by atoms with Crippen LogP contribution in [0.5, 0.6) is 5.75 Å². The van der Waals surface area contributed by atoms with Crippen molar-refractivity contribution >= 4 is 5.91 Å². The van der Waals surface area contributed by atoms with E-state index in [2.05, 4.69) is 12.2 Å². The second-order valence-corrected chi connectivity index (χ2v) is 4.90. The van der Waals surface area contributed by atoms with E-state index in [0.717, 1.165) is 18.4 Å². The SMILES string of the molecule is CCCC(C)NC(=O)COc1ccc(C(C)N)cc1. The summed E-state index contributed by atoms with van der Waals surface area (Å²) in [5.41, 5.74) is 6.81. The van der Waals surface area contributed by atoms with Crippen LogP contribution >= 0.6 is 0 Å². The van der Waals surface area contributed by atoms with Gasteiger partial charge in [0.15, 0.2) is 6.61 Å². The molecule has 1 rings (SSSR count). The molecule has 19 heavy (non-hydrogen) atoms. The fourth-order valence-electron chi connectivity index (χ4n) is 1.84. The Morgan fingerprint density at radius 1 is 1.32 bits per heavy atom. The quantitative estimate of drug-likeness (QED) is 0.794. The molecular formula is C15H24N2O2. The lowest BCUT2D eigenvalue weighted by Gasteiger charge is -2.13. The maximum atomic E-state index is 11.6. The molecule has 0 spiro atoms. The van der Waals surface area contributed by atoms with Crippen LogP contribution in [0.15, 0.2) is 24.3 Å². The summed E-state index contributed by atoms with van der Waals surface area (Å²) in [6, 6.07) is 7.70.